The second-order valence-corrected chi connectivity index (χ2v) is 4.21. The van der Waals surface area contributed by atoms with Crippen LogP contribution in [0.25, 0.3) is 0 Å². The SMILES string of the molecule is N[C@@H](Cc1ccc(O)cc1)C(=O)Oc1ccccc1. The van der Waals surface area contributed by atoms with Gasteiger partial charge in [-0.2, -0.15) is 0 Å². The van der Waals surface area contributed by atoms with E-state index in [1.54, 1.807) is 48.5 Å². The third-order valence-electron chi connectivity index (χ3n) is 2.66. The zero-order chi connectivity index (χ0) is 13.7. The van der Waals surface area contributed by atoms with E-state index in [1.165, 1.54) is 0 Å². The van der Waals surface area contributed by atoms with Crippen LogP contribution in [0.4, 0.5) is 0 Å². The number of para-hydroxylation sites is 1. The molecule has 0 aliphatic rings. The maximum atomic E-state index is 11.8. The van der Waals surface area contributed by atoms with Gasteiger partial charge in [-0.05, 0) is 36.2 Å². The van der Waals surface area contributed by atoms with Crippen molar-refractivity contribution in [2.75, 3.05) is 0 Å². The van der Waals surface area contributed by atoms with E-state index in [-0.39, 0.29) is 5.75 Å². The topological polar surface area (TPSA) is 72.5 Å². The van der Waals surface area contributed by atoms with Gasteiger partial charge in [-0.25, -0.2) is 4.79 Å². The molecule has 4 heteroatoms. The van der Waals surface area contributed by atoms with Crippen LogP contribution in [0, 0.1) is 0 Å². The van der Waals surface area contributed by atoms with Gasteiger partial charge in [0.1, 0.15) is 17.5 Å². The Bertz CT molecular complexity index is 537. The molecule has 2 aromatic rings. The Hall–Kier alpha value is -2.33. The Kier molecular flexibility index (Phi) is 4.15. The second kappa shape index (κ2) is 6.02. The van der Waals surface area contributed by atoms with Gasteiger partial charge in [-0.15, -0.1) is 0 Å². The minimum absolute atomic E-state index is 0.184. The summed E-state index contributed by atoms with van der Waals surface area (Å²) < 4.78 is 5.16. The number of hydrogen-bond acceptors (Lipinski definition) is 4. The average Bonchev–Trinajstić information content (AvgIpc) is 2.42. The standard InChI is InChI=1S/C15H15NO3/c16-14(10-11-6-8-12(17)9-7-11)15(18)19-13-4-2-1-3-5-13/h1-9,14,17H,10,16H2/t14-/m0/s1. The van der Waals surface area contributed by atoms with E-state index in [9.17, 15) is 9.90 Å². The number of carbonyl (C=O) groups excluding carboxylic acids is 1. The zero-order valence-corrected chi connectivity index (χ0v) is 10.3. The Morgan fingerprint density at radius 3 is 2.37 bits per heavy atom. The molecule has 0 saturated heterocycles. The van der Waals surface area contributed by atoms with E-state index >= 15 is 0 Å². The van der Waals surface area contributed by atoms with Gasteiger partial charge in [0, 0.05) is 0 Å². The summed E-state index contributed by atoms with van der Waals surface area (Å²) in [5, 5.41) is 9.17. The highest BCUT2D eigenvalue weighted by molar-refractivity contribution is 5.78. The largest absolute Gasteiger partial charge is 0.508 e. The molecular formula is C15H15NO3. The summed E-state index contributed by atoms with van der Waals surface area (Å²) >= 11 is 0. The number of esters is 1. The van der Waals surface area contributed by atoms with Crippen molar-refractivity contribution in [3.05, 3.63) is 60.2 Å². The molecule has 1 atom stereocenters. The molecular weight excluding hydrogens is 242 g/mol. The highest BCUT2D eigenvalue weighted by atomic mass is 16.5. The van der Waals surface area contributed by atoms with E-state index < -0.39 is 12.0 Å². The number of hydrogen-bond donors (Lipinski definition) is 2. The highest BCUT2D eigenvalue weighted by Gasteiger charge is 2.16. The lowest BCUT2D eigenvalue weighted by molar-refractivity contribution is -0.135. The van der Waals surface area contributed by atoms with Crippen LogP contribution in [0.15, 0.2) is 54.6 Å². The maximum absolute atomic E-state index is 11.8. The van der Waals surface area contributed by atoms with Gasteiger partial charge in [-0.3, -0.25) is 0 Å². The summed E-state index contributed by atoms with van der Waals surface area (Å²) in [4.78, 5) is 11.8. The van der Waals surface area contributed by atoms with Crippen LogP contribution in [0.3, 0.4) is 0 Å². The van der Waals surface area contributed by atoms with Gasteiger partial charge in [0.15, 0.2) is 0 Å². The minimum atomic E-state index is -0.732. The van der Waals surface area contributed by atoms with Crippen molar-refractivity contribution in [1.29, 1.82) is 0 Å². The van der Waals surface area contributed by atoms with Crippen molar-refractivity contribution >= 4 is 5.97 Å². The summed E-state index contributed by atoms with van der Waals surface area (Å²) in [6.07, 6.45) is 0.367. The molecule has 0 unspecified atom stereocenters. The van der Waals surface area contributed by atoms with Gasteiger partial charge in [-0.1, -0.05) is 30.3 Å². The fraction of sp³-hybridized carbons (Fsp3) is 0.133. The molecule has 0 aromatic heterocycles. The third kappa shape index (κ3) is 3.82. The van der Waals surface area contributed by atoms with Crippen molar-refractivity contribution in [3.63, 3.8) is 0 Å². The first kappa shape index (κ1) is 13.1. The lowest BCUT2D eigenvalue weighted by Gasteiger charge is -2.11. The number of rotatable bonds is 4. The van der Waals surface area contributed by atoms with Crippen LogP contribution in [-0.2, 0) is 11.2 Å². The molecule has 0 bridgehead atoms. The Morgan fingerprint density at radius 2 is 1.74 bits per heavy atom. The lowest BCUT2D eigenvalue weighted by Crippen LogP contribution is -2.36. The smallest absolute Gasteiger partial charge is 0.328 e. The molecule has 3 N–H and O–H groups in total. The molecule has 0 aliphatic heterocycles. The Balaban J connectivity index is 1.94. The van der Waals surface area contributed by atoms with Crippen LogP contribution in [-0.4, -0.2) is 17.1 Å². The Morgan fingerprint density at radius 1 is 1.11 bits per heavy atom. The quantitative estimate of drug-likeness (QED) is 0.648. The summed E-state index contributed by atoms with van der Waals surface area (Å²) in [5.41, 5.74) is 6.67. The summed E-state index contributed by atoms with van der Waals surface area (Å²) in [6, 6.07) is 14.7. The van der Waals surface area contributed by atoms with Crippen LogP contribution in [0.5, 0.6) is 11.5 Å². The van der Waals surface area contributed by atoms with Crippen molar-refractivity contribution < 1.29 is 14.6 Å². The van der Waals surface area contributed by atoms with Gasteiger partial charge in [0.05, 0.1) is 0 Å². The predicted octanol–water partition coefficient (Wildman–Crippen LogP) is 1.87. The molecule has 4 nitrogen and oxygen atoms in total. The number of nitrogens with two attached hydrogens (primary N) is 1. The third-order valence-corrected chi connectivity index (χ3v) is 2.66. The average molecular weight is 257 g/mol. The summed E-state index contributed by atoms with van der Waals surface area (Å²) in [6.45, 7) is 0. The van der Waals surface area contributed by atoms with Crippen molar-refractivity contribution in [3.8, 4) is 11.5 Å². The van der Waals surface area contributed by atoms with Gasteiger partial charge in [0.25, 0.3) is 0 Å². The van der Waals surface area contributed by atoms with Crippen LogP contribution >= 0.6 is 0 Å². The van der Waals surface area contributed by atoms with Crippen molar-refractivity contribution in [2.45, 2.75) is 12.5 Å². The minimum Gasteiger partial charge on any atom is -0.508 e. The zero-order valence-electron chi connectivity index (χ0n) is 10.3. The Labute approximate surface area is 111 Å². The fourth-order valence-corrected chi connectivity index (χ4v) is 1.65. The number of phenols is 1. The molecule has 0 fully saturated rings. The molecule has 0 spiro atoms. The maximum Gasteiger partial charge on any atom is 0.328 e. The normalized spacial score (nSPS) is 11.8. The van der Waals surface area contributed by atoms with Crippen molar-refractivity contribution in [1.82, 2.24) is 0 Å². The molecule has 0 amide bonds. The van der Waals surface area contributed by atoms with Gasteiger partial charge in [0.2, 0.25) is 0 Å². The molecule has 0 aliphatic carbocycles. The number of benzene rings is 2. The molecule has 0 heterocycles. The van der Waals surface area contributed by atoms with E-state index in [1.807, 2.05) is 6.07 Å². The number of carbonyl (C=O) groups is 1. The first-order valence-electron chi connectivity index (χ1n) is 5.95. The summed E-state index contributed by atoms with van der Waals surface area (Å²) in [7, 11) is 0. The highest BCUT2D eigenvalue weighted by Crippen LogP contribution is 2.13. The number of aromatic hydroxyl groups is 1. The van der Waals surface area contributed by atoms with E-state index in [4.69, 9.17) is 10.5 Å². The van der Waals surface area contributed by atoms with E-state index in [2.05, 4.69) is 0 Å². The van der Waals surface area contributed by atoms with Crippen molar-refractivity contribution in [2.24, 2.45) is 5.73 Å². The molecule has 19 heavy (non-hydrogen) atoms. The first-order chi connectivity index (χ1) is 9.15. The van der Waals surface area contributed by atoms with Gasteiger partial charge < -0.3 is 15.6 Å². The van der Waals surface area contributed by atoms with Crippen LogP contribution < -0.4 is 10.5 Å². The first-order valence-corrected chi connectivity index (χ1v) is 5.95. The molecule has 2 rings (SSSR count). The van der Waals surface area contributed by atoms with Gasteiger partial charge >= 0.3 is 5.97 Å². The van der Waals surface area contributed by atoms with Crippen LogP contribution in [0.2, 0.25) is 0 Å². The number of phenolic OH excluding ortho intramolecular Hbond substituents is 1. The fourth-order valence-electron chi connectivity index (χ4n) is 1.65. The molecule has 0 radical (unpaired) electrons. The molecule has 2 aromatic carbocycles. The number of ether oxygens (including phenoxy) is 1. The summed E-state index contributed by atoms with van der Waals surface area (Å²) in [5.74, 6) is 0.192. The monoisotopic (exact) mass is 257 g/mol. The lowest BCUT2D eigenvalue weighted by atomic mass is 10.1. The second-order valence-electron chi connectivity index (χ2n) is 4.21. The van der Waals surface area contributed by atoms with E-state index in [0.29, 0.717) is 12.2 Å². The molecule has 0 saturated carbocycles. The predicted molar refractivity (Wildman–Crippen MR) is 71.9 cm³/mol. The van der Waals surface area contributed by atoms with E-state index in [0.717, 1.165) is 5.56 Å². The molecule has 98 valence electrons. The van der Waals surface area contributed by atoms with Crippen LogP contribution in [0.1, 0.15) is 5.56 Å².